The van der Waals surface area contributed by atoms with Crippen molar-refractivity contribution in [3.8, 4) is 17.2 Å². The van der Waals surface area contributed by atoms with Crippen LogP contribution in [0.2, 0.25) is 0 Å². The molecule has 2 aromatic rings. The second-order valence-corrected chi connectivity index (χ2v) is 9.54. The number of ether oxygens (including phenoxy) is 1. The van der Waals surface area contributed by atoms with E-state index in [1.807, 2.05) is 6.07 Å². The molecule has 1 N–H and O–H groups in total. The van der Waals surface area contributed by atoms with Gasteiger partial charge >= 0.3 is 51.4 Å². The predicted molar refractivity (Wildman–Crippen MR) is 122 cm³/mol. The van der Waals surface area contributed by atoms with Crippen molar-refractivity contribution in [2.24, 2.45) is 0 Å². The van der Waals surface area contributed by atoms with Crippen LogP contribution in [0.3, 0.4) is 0 Å². The Balaban J connectivity index is 0.00000512. The minimum atomic E-state index is -4.25. The molecular formula is C25H35KO5S. The fraction of sp³-hybridized carbons (Fsp3) is 0.520. The molecule has 0 atom stereocenters. The third kappa shape index (κ3) is 11.6. The van der Waals surface area contributed by atoms with Gasteiger partial charge in [-0.3, -0.25) is 4.55 Å². The second-order valence-electron chi connectivity index (χ2n) is 8.12. The number of benzene rings is 2. The second kappa shape index (κ2) is 16.3. The van der Waals surface area contributed by atoms with Crippen molar-refractivity contribution >= 4 is 10.1 Å². The van der Waals surface area contributed by atoms with E-state index in [0.717, 1.165) is 18.4 Å². The summed E-state index contributed by atoms with van der Waals surface area (Å²) in [5, 5.41) is 12.1. The summed E-state index contributed by atoms with van der Waals surface area (Å²) in [4.78, 5) is -0.215. The van der Waals surface area contributed by atoms with Gasteiger partial charge in [-0.15, -0.1) is 0 Å². The zero-order valence-electron chi connectivity index (χ0n) is 19.5. The Bertz CT molecular complexity index is 882. The smallest absolute Gasteiger partial charge is 0.870 e. The van der Waals surface area contributed by atoms with Crippen LogP contribution in [-0.4, -0.2) is 13.0 Å². The predicted octanol–water partition coefficient (Wildman–Crippen LogP) is 3.66. The van der Waals surface area contributed by atoms with E-state index in [1.54, 1.807) is 6.07 Å². The Labute approximate surface area is 236 Å². The molecule has 2 rings (SSSR count). The Morgan fingerprint density at radius 1 is 0.812 bits per heavy atom. The van der Waals surface area contributed by atoms with Crippen LogP contribution in [0.1, 0.15) is 83.1 Å². The van der Waals surface area contributed by atoms with E-state index in [-0.39, 0.29) is 67.8 Å². The van der Waals surface area contributed by atoms with Crippen LogP contribution >= 0.6 is 0 Å². The van der Waals surface area contributed by atoms with E-state index in [0.29, 0.717) is 5.75 Å². The van der Waals surface area contributed by atoms with Crippen LogP contribution in [0.5, 0.6) is 17.2 Å². The van der Waals surface area contributed by atoms with Gasteiger partial charge in [0.25, 0.3) is 10.1 Å². The number of hydrogen-bond donors (Lipinski definition) is 1. The van der Waals surface area contributed by atoms with Gasteiger partial charge < -0.3 is 9.84 Å². The van der Waals surface area contributed by atoms with Crippen molar-refractivity contribution in [2.75, 3.05) is 0 Å². The van der Waals surface area contributed by atoms with E-state index < -0.39 is 10.1 Å². The van der Waals surface area contributed by atoms with E-state index in [9.17, 15) is 13.5 Å². The Hall–Kier alpha value is -0.414. The largest absolute Gasteiger partial charge is 1.00 e. The van der Waals surface area contributed by atoms with E-state index in [4.69, 9.17) is 9.29 Å². The van der Waals surface area contributed by atoms with Crippen LogP contribution in [0.25, 0.3) is 0 Å². The first-order chi connectivity index (χ1) is 14.9. The van der Waals surface area contributed by atoms with Crippen molar-refractivity contribution in [3.63, 3.8) is 0 Å². The van der Waals surface area contributed by atoms with Crippen molar-refractivity contribution in [3.05, 3.63) is 48.0 Å². The maximum Gasteiger partial charge on any atom is 1.00 e. The molecule has 0 bridgehead atoms. The molecule has 0 aliphatic heterocycles. The van der Waals surface area contributed by atoms with Gasteiger partial charge in [-0.2, -0.15) is 8.42 Å². The van der Waals surface area contributed by atoms with Gasteiger partial charge in [-0.25, -0.2) is 0 Å². The Morgan fingerprint density at radius 3 is 1.88 bits per heavy atom. The summed E-state index contributed by atoms with van der Waals surface area (Å²) >= 11 is 0. The zero-order valence-corrected chi connectivity index (χ0v) is 23.5. The fourth-order valence-corrected chi connectivity index (χ4v) is 4.07. The van der Waals surface area contributed by atoms with Gasteiger partial charge in [0, 0.05) is 0 Å². The third-order valence-electron chi connectivity index (χ3n) is 5.43. The summed E-state index contributed by atoms with van der Waals surface area (Å²) in [6.45, 7) is 2.25. The number of unbranched alkanes of at least 4 members (excludes halogenated alkanes) is 10. The summed E-state index contributed by atoms with van der Waals surface area (Å²) < 4.78 is 36.9. The molecule has 172 valence electrons. The molecule has 32 heavy (non-hydrogen) atoms. The first-order valence-electron chi connectivity index (χ1n) is 11.5. The fourth-order valence-electron chi connectivity index (χ4n) is 3.59. The van der Waals surface area contributed by atoms with Crippen molar-refractivity contribution < 1.29 is 74.2 Å². The van der Waals surface area contributed by atoms with Crippen LogP contribution < -0.4 is 61.2 Å². The van der Waals surface area contributed by atoms with Gasteiger partial charge in [0.15, 0.2) is 0 Å². The van der Waals surface area contributed by atoms with Crippen LogP contribution in [0.4, 0.5) is 0 Å². The van der Waals surface area contributed by atoms with E-state index >= 15 is 0 Å². The van der Waals surface area contributed by atoms with Crippen LogP contribution in [0, 0.1) is 0 Å². The first kappa shape index (κ1) is 29.6. The molecule has 0 saturated carbocycles. The molecule has 0 aliphatic rings. The quantitative estimate of drug-likeness (QED) is 0.236. The Morgan fingerprint density at radius 2 is 1.34 bits per heavy atom. The van der Waals surface area contributed by atoms with Crippen LogP contribution in [-0.2, 0) is 16.5 Å². The monoisotopic (exact) mass is 486 g/mol. The molecule has 5 nitrogen and oxygen atoms in total. The Kier molecular flexibility index (Phi) is 15.0. The number of hydrogen-bond acceptors (Lipinski definition) is 4. The molecule has 0 aromatic heterocycles. The van der Waals surface area contributed by atoms with E-state index in [1.165, 1.54) is 94.5 Å². The van der Waals surface area contributed by atoms with Crippen molar-refractivity contribution in [1.82, 2.24) is 0 Å². The molecule has 0 unspecified atom stereocenters. The zero-order chi connectivity index (χ0) is 22.5. The number of rotatable bonds is 15. The summed E-state index contributed by atoms with van der Waals surface area (Å²) in [7, 11) is -4.25. The average molecular weight is 487 g/mol. The van der Waals surface area contributed by atoms with Gasteiger partial charge in [0.2, 0.25) is 0 Å². The molecule has 7 heteroatoms. The van der Waals surface area contributed by atoms with Crippen molar-refractivity contribution in [1.29, 1.82) is 0 Å². The summed E-state index contributed by atoms with van der Waals surface area (Å²) in [5.41, 5.74) is 1.06. The SMILES string of the molecule is CCCCCCCCCCCCCc1ccc([O-])c(Oc2ccc(S(=O)(=O)O)cc2)c1.[K+]. The van der Waals surface area contributed by atoms with Gasteiger partial charge in [0.1, 0.15) is 11.5 Å². The van der Waals surface area contributed by atoms with Crippen molar-refractivity contribution in [2.45, 2.75) is 88.9 Å². The maximum atomic E-state index is 12.1. The molecule has 0 saturated heterocycles. The average Bonchev–Trinajstić information content (AvgIpc) is 2.74. The summed E-state index contributed by atoms with van der Waals surface area (Å²) in [6.07, 6.45) is 15.2. The molecule has 0 spiro atoms. The molecular weight excluding hydrogens is 451 g/mol. The number of aryl methyl sites for hydroxylation is 1. The summed E-state index contributed by atoms with van der Waals surface area (Å²) in [5.74, 6) is 0.345. The normalized spacial score (nSPS) is 11.2. The van der Waals surface area contributed by atoms with Gasteiger partial charge in [0.05, 0.1) is 4.90 Å². The standard InChI is InChI=1S/C25H36O5S.K/c1-2-3-4-5-6-7-8-9-10-11-12-13-21-14-19-24(26)25(20-21)30-22-15-17-23(18-16-22)31(27,28)29;/h14-20,26H,2-13H2,1H3,(H,27,28,29);/q;+1/p-1. The van der Waals surface area contributed by atoms with E-state index in [2.05, 4.69) is 6.92 Å². The topological polar surface area (TPSA) is 86.7 Å². The summed E-state index contributed by atoms with van der Waals surface area (Å²) in [6, 6.07) is 10.4. The molecule has 0 heterocycles. The first-order valence-corrected chi connectivity index (χ1v) is 12.9. The van der Waals surface area contributed by atoms with Crippen LogP contribution in [0.15, 0.2) is 47.4 Å². The minimum Gasteiger partial charge on any atom is -0.870 e. The molecule has 2 aromatic carbocycles. The van der Waals surface area contributed by atoms with Gasteiger partial charge in [-0.1, -0.05) is 89.0 Å². The van der Waals surface area contributed by atoms with Gasteiger partial charge in [-0.05, 0) is 48.7 Å². The minimum absolute atomic E-state index is 0. The molecule has 0 amide bonds. The molecule has 0 fully saturated rings. The third-order valence-corrected chi connectivity index (χ3v) is 6.29. The molecule has 0 radical (unpaired) electrons. The maximum absolute atomic E-state index is 12.1. The molecule has 0 aliphatic carbocycles.